The third kappa shape index (κ3) is 3.26. The Morgan fingerprint density at radius 2 is 2.11 bits per heavy atom. The summed E-state index contributed by atoms with van der Waals surface area (Å²) in [5, 5.41) is 12.5. The molecule has 2 N–H and O–H groups in total. The van der Waals surface area contributed by atoms with E-state index in [9.17, 15) is 9.90 Å². The smallest absolute Gasteiger partial charge is 0.325 e. The monoisotopic (exact) mass is 263 g/mol. The van der Waals surface area contributed by atoms with Gasteiger partial charge in [-0.15, -0.1) is 0 Å². The van der Waals surface area contributed by atoms with Gasteiger partial charge in [0.25, 0.3) is 0 Å². The molecule has 1 aromatic carbocycles. The van der Waals surface area contributed by atoms with Crippen LogP contribution in [-0.2, 0) is 4.79 Å². The van der Waals surface area contributed by atoms with Gasteiger partial charge in [0.2, 0.25) is 0 Å². The maximum atomic E-state index is 11.4. The molecule has 0 amide bonds. The van der Waals surface area contributed by atoms with Gasteiger partial charge < -0.3 is 9.84 Å². The Morgan fingerprint density at radius 1 is 1.42 bits per heavy atom. The Morgan fingerprint density at radius 3 is 2.58 bits per heavy atom. The molecule has 0 bridgehead atoms. The standard InChI is InChI=1S/C15H21NO3/c1-9(2)12-8-10(4-7-13(12)19-3)14(15(17)18)16-11-5-6-11/h4,7-9,11,14,16H,5-6H2,1-3H3,(H,17,18). The molecule has 104 valence electrons. The molecule has 0 heterocycles. The summed E-state index contributed by atoms with van der Waals surface area (Å²) >= 11 is 0. The van der Waals surface area contributed by atoms with Crippen LogP contribution in [0, 0.1) is 0 Å². The van der Waals surface area contributed by atoms with Crippen molar-refractivity contribution in [3.63, 3.8) is 0 Å². The van der Waals surface area contributed by atoms with Crippen LogP contribution >= 0.6 is 0 Å². The van der Waals surface area contributed by atoms with E-state index in [-0.39, 0.29) is 0 Å². The molecule has 1 unspecified atom stereocenters. The molecule has 1 aliphatic rings. The molecule has 2 rings (SSSR count). The number of hydrogen-bond acceptors (Lipinski definition) is 3. The van der Waals surface area contributed by atoms with Crippen molar-refractivity contribution in [3.8, 4) is 5.75 Å². The lowest BCUT2D eigenvalue weighted by molar-refractivity contribution is -0.139. The van der Waals surface area contributed by atoms with Gasteiger partial charge in [-0.05, 0) is 42.0 Å². The minimum absolute atomic E-state index is 0.297. The van der Waals surface area contributed by atoms with Crippen molar-refractivity contribution in [1.82, 2.24) is 5.32 Å². The first-order valence-electron chi connectivity index (χ1n) is 6.69. The highest BCUT2D eigenvalue weighted by molar-refractivity contribution is 5.76. The molecule has 1 fully saturated rings. The van der Waals surface area contributed by atoms with Crippen molar-refractivity contribution in [2.45, 2.75) is 44.7 Å². The molecule has 1 aliphatic carbocycles. The molecule has 1 atom stereocenters. The average molecular weight is 263 g/mol. The van der Waals surface area contributed by atoms with Crippen LogP contribution in [0.5, 0.6) is 5.75 Å². The summed E-state index contributed by atoms with van der Waals surface area (Å²) in [7, 11) is 1.64. The number of nitrogens with one attached hydrogen (secondary N) is 1. The maximum absolute atomic E-state index is 11.4. The molecule has 0 radical (unpaired) electrons. The predicted molar refractivity (Wildman–Crippen MR) is 73.6 cm³/mol. The molecule has 4 heteroatoms. The van der Waals surface area contributed by atoms with Crippen LogP contribution in [0.3, 0.4) is 0 Å². The van der Waals surface area contributed by atoms with Gasteiger partial charge in [-0.1, -0.05) is 19.9 Å². The number of rotatable bonds is 6. The summed E-state index contributed by atoms with van der Waals surface area (Å²) < 4.78 is 5.33. The molecular formula is C15H21NO3. The minimum Gasteiger partial charge on any atom is -0.496 e. The first-order chi connectivity index (χ1) is 9.02. The fourth-order valence-corrected chi connectivity index (χ4v) is 2.18. The lowest BCUT2D eigenvalue weighted by atomic mass is 9.96. The van der Waals surface area contributed by atoms with Crippen LogP contribution in [0.25, 0.3) is 0 Å². The van der Waals surface area contributed by atoms with Crippen molar-refractivity contribution >= 4 is 5.97 Å². The van der Waals surface area contributed by atoms with Crippen molar-refractivity contribution in [2.24, 2.45) is 0 Å². The first-order valence-corrected chi connectivity index (χ1v) is 6.69. The van der Waals surface area contributed by atoms with Crippen LogP contribution in [0.15, 0.2) is 18.2 Å². The first kappa shape index (κ1) is 13.9. The van der Waals surface area contributed by atoms with E-state index < -0.39 is 12.0 Å². The minimum atomic E-state index is -0.827. The molecule has 0 saturated heterocycles. The van der Waals surface area contributed by atoms with E-state index in [4.69, 9.17) is 4.74 Å². The Balaban J connectivity index is 2.30. The van der Waals surface area contributed by atoms with Crippen LogP contribution in [0.2, 0.25) is 0 Å². The second-order valence-electron chi connectivity index (χ2n) is 5.37. The second kappa shape index (κ2) is 5.61. The van der Waals surface area contributed by atoms with Crippen molar-refractivity contribution in [3.05, 3.63) is 29.3 Å². The Hall–Kier alpha value is -1.55. The zero-order chi connectivity index (χ0) is 14.0. The molecule has 1 saturated carbocycles. The molecular weight excluding hydrogens is 242 g/mol. The van der Waals surface area contributed by atoms with Gasteiger partial charge in [-0.2, -0.15) is 0 Å². The van der Waals surface area contributed by atoms with E-state index in [0.29, 0.717) is 12.0 Å². The summed E-state index contributed by atoms with van der Waals surface area (Å²) in [5.41, 5.74) is 1.84. The highest BCUT2D eigenvalue weighted by Crippen LogP contribution is 2.31. The Labute approximate surface area is 113 Å². The fraction of sp³-hybridized carbons (Fsp3) is 0.533. The third-order valence-electron chi connectivity index (χ3n) is 3.44. The van der Waals surface area contributed by atoms with Crippen LogP contribution in [0.4, 0.5) is 0 Å². The number of carbonyl (C=O) groups is 1. The highest BCUT2D eigenvalue weighted by atomic mass is 16.5. The van der Waals surface area contributed by atoms with Crippen molar-refractivity contribution in [2.75, 3.05) is 7.11 Å². The normalized spacial score (nSPS) is 16.4. The summed E-state index contributed by atoms with van der Waals surface area (Å²) in [6, 6.07) is 5.35. The zero-order valence-electron chi connectivity index (χ0n) is 11.6. The maximum Gasteiger partial charge on any atom is 0.325 e. The molecule has 1 aromatic rings. The number of carboxylic acid groups (broad SMARTS) is 1. The van der Waals surface area contributed by atoms with Gasteiger partial charge >= 0.3 is 5.97 Å². The van der Waals surface area contributed by atoms with Crippen LogP contribution in [0.1, 0.15) is 49.8 Å². The van der Waals surface area contributed by atoms with Gasteiger partial charge in [0.1, 0.15) is 11.8 Å². The molecule has 0 spiro atoms. The summed E-state index contributed by atoms with van der Waals surface area (Å²) in [6.07, 6.45) is 2.13. The predicted octanol–water partition coefficient (Wildman–Crippen LogP) is 2.70. The lowest BCUT2D eigenvalue weighted by Gasteiger charge is -2.18. The zero-order valence-corrected chi connectivity index (χ0v) is 11.6. The quantitative estimate of drug-likeness (QED) is 0.828. The van der Waals surface area contributed by atoms with Gasteiger partial charge in [0.05, 0.1) is 7.11 Å². The molecule has 19 heavy (non-hydrogen) atoms. The van der Waals surface area contributed by atoms with E-state index in [1.165, 1.54) is 0 Å². The Kier molecular flexibility index (Phi) is 4.10. The van der Waals surface area contributed by atoms with E-state index in [0.717, 1.165) is 29.7 Å². The van der Waals surface area contributed by atoms with E-state index in [1.807, 2.05) is 18.2 Å². The topological polar surface area (TPSA) is 58.6 Å². The third-order valence-corrected chi connectivity index (χ3v) is 3.44. The molecule has 0 aromatic heterocycles. The molecule has 4 nitrogen and oxygen atoms in total. The van der Waals surface area contributed by atoms with E-state index in [1.54, 1.807) is 7.11 Å². The second-order valence-corrected chi connectivity index (χ2v) is 5.37. The van der Waals surface area contributed by atoms with E-state index in [2.05, 4.69) is 19.2 Å². The van der Waals surface area contributed by atoms with Gasteiger partial charge in [-0.3, -0.25) is 10.1 Å². The van der Waals surface area contributed by atoms with Crippen molar-refractivity contribution in [1.29, 1.82) is 0 Å². The lowest BCUT2D eigenvalue weighted by Crippen LogP contribution is -2.30. The van der Waals surface area contributed by atoms with E-state index >= 15 is 0 Å². The van der Waals surface area contributed by atoms with Gasteiger partial charge in [0, 0.05) is 6.04 Å². The summed E-state index contributed by atoms with van der Waals surface area (Å²) in [6.45, 7) is 4.15. The number of aliphatic carboxylic acids is 1. The van der Waals surface area contributed by atoms with Gasteiger partial charge in [0.15, 0.2) is 0 Å². The van der Waals surface area contributed by atoms with Crippen LogP contribution < -0.4 is 10.1 Å². The highest BCUT2D eigenvalue weighted by Gasteiger charge is 2.29. The fourth-order valence-electron chi connectivity index (χ4n) is 2.18. The number of benzene rings is 1. The van der Waals surface area contributed by atoms with Crippen molar-refractivity contribution < 1.29 is 14.6 Å². The summed E-state index contributed by atoms with van der Waals surface area (Å²) in [5.74, 6) is 0.284. The van der Waals surface area contributed by atoms with Crippen LogP contribution in [-0.4, -0.2) is 24.2 Å². The van der Waals surface area contributed by atoms with Gasteiger partial charge in [-0.25, -0.2) is 0 Å². The summed E-state index contributed by atoms with van der Waals surface area (Å²) in [4.78, 5) is 11.4. The number of hydrogen-bond donors (Lipinski definition) is 2. The SMILES string of the molecule is COc1ccc(C(NC2CC2)C(=O)O)cc1C(C)C. The molecule has 0 aliphatic heterocycles. The average Bonchev–Trinajstić information content (AvgIpc) is 3.18. The largest absolute Gasteiger partial charge is 0.496 e. The number of methoxy groups -OCH3 is 1. The number of carboxylic acids is 1. The Bertz CT molecular complexity index is 466. The number of ether oxygens (including phenoxy) is 1.